The Morgan fingerprint density at radius 1 is 1.00 bits per heavy atom. The zero-order chi connectivity index (χ0) is 27.8. The van der Waals surface area contributed by atoms with Crippen LogP contribution in [0.3, 0.4) is 0 Å². The third-order valence-electron chi connectivity index (χ3n) is 6.11. The van der Waals surface area contributed by atoms with Crippen LogP contribution in [0.25, 0.3) is 0 Å². The largest absolute Gasteiger partial charge is 0.481 e. The number of aliphatic hydroxyl groups is 1. The molecule has 204 valence electrons. The number of rotatable bonds is 15. The maximum Gasteiger partial charge on any atom is 0.321 e. The number of hydrogen-bond donors (Lipinski definition) is 5. The van der Waals surface area contributed by atoms with Crippen molar-refractivity contribution in [3.05, 3.63) is 35.9 Å². The average molecular weight is 530 g/mol. The summed E-state index contributed by atoms with van der Waals surface area (Å²) in [6, 6.07) is 6.60. The van der Waals surface area contributed by atoms with Crippen LogP contribution >= 0.6 is 0 Å². The molecule has 36 heavy (non-hydrogen) atoms. The minimum Gasteiger partial charge on any atom is -0.481 e. The van der Waals surface area contributed by atoms with Gasteiger partial charge in [0.2, 0.25) is 5.91 Å². The second-order valence-corrected chi connectivity index (χ2v) is 11.7. The molecule has 0 saturated heterocycles. The molecule has 0 aliphatic heterocycles. The molecule has 0 fully saturated rings. The second kappa shape index (κ2) is 13.1. The standard InChI is InChI=1S/C24H39N3O8S/c1-15(2)13-27(36(34,35)26-17(4)22(30)31)14-20(28)19(12-18-10-8-7-9-11-18)25-21(29)16(3)24(5,6)23(32)33/h7-11,15-17,19-20,26,28H,12-14H2,1-6H3,(H,25,29)(H,30,31)(H,32,33). The lowest BCUT2D eigenvalue weighted by molar-refractivity contribution is -0.153. The Labute approximate surface area is 213 Å². The topological polar surface area (TPSA) is 173 Å². The van der Waals surface area contributed by atoms with Gasteiger partial charge in [-0.3, -0.25) is 14.4 Å². The van der Waals surface area contributed by atoms with E-state index in [1.54, 1.807) is 44.2 Å². The lowest BCUT2D eigenvalue weighted by atomic mass is 9.79. The highest BCUT2D eigenvalue weighted by molar-refractivity contribution is 7.87. The molecule has 0 spiro atoms. The lowest BCUT2D eigenvalue weighted by Crippen LogP contribution is -2.55. The van der Waals surface area contributed by atoms with Crippen LogP contribution in [0.1, 0.15) is 47.1 Å². The van der Waals surface area contributed by atoms with Crippen LogP contribution in [0.5, 0.6) is 0 Å². The van der Waals surface area contributed by atoms with Crippen molar-refractivity contribution < 1.29 is 38.1 Å². The molecular formula is C24H39N3O8S. The van der Waals surface area contributed by atoms with Gasteiger partial charge in [0.05, 0.1) is 23.5 Å². The second-order valence-electron chi connectivity index (χ2n) is 10.0. The summed E-state index contributed by atoms with van der Waals surface area (Å²) < 4.78 is 28.9. The molecule has 0 aliphatic rings. The normalized spacial score (nSPS) is 15.8. The number of amides is 1. The first-order valence-corrected chi connectivity index (χ1v) is 13.2. The highest BCUT2D eigenvalue weighted by Crippen LogP contribution is 2.27. The molecule has 4 atom stereocenters. The number of carboxylic acids is 2. The van der Waals surface area contributed by atoms with Crippen molar-refractivity contribution in [2.75, 3.05) is 13.1 Å². The van der Waals surface area contributed by atoms with Gasteiger partial charge < -0.3 is 20.6 Å². The van der Waals surface area contributed by atoms with Crippen LogP contribution in [0.15, 0.2) is 30.3 Å². The predicted octanol–water partition coefficient (Wildman–Crippen LogP) is 1.09. The summed E-state index contributed by atoms with van der Waals surface area (Å²) >= 11 is 0. The van der Waals surface area contributed by atoms with Crippen LogP contribution < -0.4 is 10.0 Å². The molecule has 0 heterocycles. The first kappa shape index (κ1) is 31.5. The summed E-state index contributed by atoms with van der Waals surface area (Å²) in [5.74, 6) is -4.20. The quantitative estimate of drug-likeness (QED) is 0.224. The fourth-order valence-electron chi connectivity index (χ4n) is 3.33. The molecular weight excluding hydrogens is 490 g/mol. The molecule has 0 radical (unpaired) electrons. The van der Waals surface area contributed by atoms with Gasteiger partial charge in [0.25, 0.3) is 10.2 Å². The monoisotopic (exact) mass is 529 g/mol. The fourth-order valence-corrected chi connectivity index (χ4v) is 4.87. The van der Waals surface area contributed by atoms with Crippen molar-refractivity contribution in [1.29, 1.82) is 0 Å². The molecule has 0 aliphatic carbocycles. The van der Waals surface area contributed by atoms with Gasteiger partial charge >= 0.3 is 11.9 Å². The average Bonchev–Trinajstić information content (AvgIpc) is 2.77. The Hall–Kier alpha value is -2.54. The zero-order valence-electron chi connectivity index (χ0n) is 21.6. The summed E-state index contributed by atoms with van der Waals surface area (Å²) in [6.07, 6.45) is -1.23. The van der Waals surface area contributed by atoms with Crippen molar-refractivity contribution in [3.63, 3.8) is 0 Å². The van der Waals surface area contributed by atoms with Gasteiger partial charge in [0.1, 0.15) is 6.04 Å². The summed E-state index contributed by atoms with van der Waals surface area (Å²) in [5.41, 5.74) is -0.612. The van der Waals surface area contributed by atoms with Gasteiger partial charge in [-0.05, 0) is 38.7 Å². The zero-order valence-corrected chi connectivity index (χ0v) is 22.4. The lowest BCUT2D eigenvalue weighted by Gasteiger charge is -2.33. The van der Waals surface area contributed by atoms with Crippen molar-refractivity contribution in [3.8, 4) is 0 Å². The van der Waals surface area contributed by atoms with E-state index >= 15 is 0 Å². The maximum absolute atomic E-state index is 13.0. The minimum absolute atomic E-state index is 0.00676. The Morgan fingerprint density at radius 2 is 1.56 bits per heavy atom. The first-order valence-electron chi connectivity index (χ1n) is 11.7. The fraction of sp³-hybridized carbons (Fsp3) is 0.625. The highest BCUT2D eigenvalue weighted by atomic mass is 32.2. The number of nitrogens with one attached hydrogen (secondary N) is 2. The molecule has 0 bridgehead atoms. The van der Waals surface area contributed by atoms with Gasteiger partial charge in [-0.25, -0.2) is 0 Å². The number of nitrogens with zero attached hydrogens (tertiary/aromatic N) is 1. The van der Waals surface area contributed by atoms with E-state index in [9.17, 15) is 33.0 Å². The van der Waals surface area contributed by atoms with Crippen molar-refractivity contribution in [1.82, 2.24) is 14.3 Å². The van der Waals surface area contributed by atoms with Gasteiger partial charge in [-0.1, -0.05) is 51.1 Å². The van der Waals surface area contributed by atoms with E-state index in [4.69, 9.17) is 5.11 Å². The summed E-state index contributed by atoms with van der Waals surface area (Å²) in [7, 11) is -4.29. The molecule has 12 heteroatoms. The SMILES string of the molecule is CC(C)CN(CC(O)C(Cc1ccccc1)NC(=O)C(C)C(C)(C)C(=O)O)S(=O)(=O)NC(C)C(=O)O. The third kappa shape index (κ3) is 9.16. The van der Waals surface area contributed by atoms with E-state index in [0.29, 0.717) is 0 Å². The van der Waals surface area contributed by atoms with E-state index in [-0.39, 0.29) is 18.9 Å². The highest BCUT2D eigenvalue weighted by Gasteiger charge is 2.40. The third-order valence-corrected chi connectivity index (χ3v) is 7.74. The van der Waals surface area contributed by atoms with E-state index in [2.05, 4.69) is 10.0 Å². The summed E-state index contributed by atoms with van der Waals surface area (Å²) in [5, 5.41) is 32.4. The predicted molar refractivity (Wildman–Crippen MR) is 134 cm³/mol. The number of hydrogen-bond acceptors (Lipinski definition) is 6. The Balaban J connectivity index is 3.25. The molecule has 1 aromatic carbocycles. The molecule has 4 unspecified atom stereocenters. The maximum atomic E-state index is 13.0. The minimum atomic E-state index is -4.29. The number of aliphatic carboxylic acids is 2. The number of benzene rings is 1. The Morgan fingerprint density at radius 3 is 2.03 bits per heavy atom. The number of carbonyl (C=O) groups excluding carboxylic acids is 1. The molecule has 11 nitrogen and oxygen atoms in total. The number of carboxylic acid groups (broad SMARTS) is 2. The van der Waals surface area contributed by atoms with Crippen molar-refractivity contribution >= 4 is 28.1 Å². The van der Waals surface area contributed by atoms with Crippen LogP contribution in [0, 0.1) is 17.3 Å². The number of carbonyl (C=O) groups is 3. The van der Waals surface area contributed by atoms with E-state index in [1.807, 2.05) is 0 Å². The molecule has 1 rings (SSSR count). The molecule has 0 aromatic heterocycles. The van der Waals surface area contributed by atoms with Crippen LogP contribution in [-0.4, -0.2) is 77.2 Å². The molecule has 0 saturated carbocycles. The van der Waals surface area contributed by atoms with E-state index < -0.39 is 64.1 Å². The summed E-state index contributed by atoms with van der Waals surface area (Å²) in [6.45, 7) is 8.63. The molecule has 1 aromatic rings. The number of aliphatic hydroxyl groups excluding tert-OH is 1. The van der Waals surface area contributed by atoms with E-state index in [0.717, 1.165) is 9.87 Å². The smallest absolute Gasteiger partial charge is 0.321 e. The molecule has 1 amide bonds. The van der Waals surface area contributed by atoms with Gasteiger partial charge in [0.15, 0.2) is 0 Å². The van der Waals surface area contributed by atoms with Crippen LogP contribution in [0.4, 0.5) is 0 Å². The summed E-state index contributed by atoms with van der Waals surface area (Å²) in [4.78, 5) is 35.8. The van der Waals surface area contributed by atoms with Crippen molar-refractivity contribution in [2.24, 2.45) is 17.3 Å². The molecule has 5 N–H and O–H groups in total. The van der Waals surface area contributed by atoms with E-state index in [1.165, 1.54) is 27.7 Å². The van der Waals surface area contributed by atoms with Gasteiger partial charge in [0, 0.05) is 13.1 Å². The van der Waals surface area contributed by atoms with Crippen LogP contribution in [-0.2, 0) is 31.0 Å². The van der Waals surface area contributed by atoms with Crippen LogP contribution in [0.2, 0.25) is 0 Å². The first-order chi connectivity index (χ1) is 16.5. The Kier molecular flexibility index (Phi) is 11.5. The van der Waals surface area contributed by atoms with Gasteiger partial charge in [-0.15, -0.1) is 0 Å². The van der Waals surface area contributed by atoms with Gasteiger partial charge in [-0.2, -0.15) is 17.4 Å². The Bertz CT molecular complexity index is 998. The van der Waals surface area contributed by atoms with Crippen molar-refractivity contribution in [2.45, 2.75) is 66.2 Å².